The van der Waals surface area contributed by atoms with Gasteiger partial charge in [0.05, 0.1) is 0 Å². The van der Waals surface area contributed by atoms with Crippen molar-refractivity contribution in [3.05, 3.63) is 47.0 Å². The standard InChI is InChI=1S/C13H17Br/c1-3-5-6-11(4-2)12-7-9-13(14)10-8-12/h4,7-11H,2-3,5-6H2,1H3/t11-/m1/s1. The van der Waals surface area contributed by atoms with E-state index in [1.54, 1.807) is 0 Å². The predicted octanol–water partition coefficient (Wildman–Crippen LogP) is 4.91. The van der Waals surface area contributed by atoms with E-state index in [-0.39, 0.29) is 0 Å². The van der Waals surface area contributed by atoms with E-state index >= 15 is 0 Å². The topological polar surface area (TPSA) is 0 Å². The molecule has 0 heterocycles. The maximum atomic E-state index is 3.90. The molecule has 0 aromatic heterocycles. The Balaban J connectivity index is 2.68. The van der Waals surface area contributed by atoms with Gasteiger partial charge in [-0.3, -0.25) is 0 Å². The Morgan fingerprint density at radius 1 is 1.36 bits per heavy atom. The van der Waals surface area contributed by atoms with Gasteiger partial charge in [0.25, 0.3) is 0 Å². The van der Waals surface area contributed by atoms with Gasteiger partial charge in [-0.1, -0.05) is 53.9 Å². The Hall–Kier alpha value is -0.560. The van der Waals surface area contributed by atoms with E-state index in [0.29, 0.717) is 5.92 Å². The zero-order valence-corrected chi connectivity index (χ0v) is 10.3. The van der Waals surface area contributed by atoms with Gasteiger partial charge in [-0.25, -0.2) is 0 Å². The largest absolute Gasteiger partial charge is 0.102 e. The molecule has 1 atom stereocenters. The molecule has 14 heavy (non-hydrogen) atoms. The third kappa shape index (κ3) is 3.30. The molecule has 0 aliphatic rings. The van der Waals surface area contributed by atoms with Gasteiger partial charge in [-0.05, 0) is 24.1 Å². The van der Waals surface area contributed by atoms with Gasteiger partial charge in [0.1, 0.15) is 0 Å². The van der Waals surface area contributed by atoms with E-state index in [1.165, 1.54) is 24.8 Å². The highest BCUT2D eigenvalue weighted by molar-refractivity contribution is 9.10. The van der Waals surface area contributed by atoms with Crippen LogP contribution in [0, 0.1) is 0 Å². The first-order valence-corrected chi connectivity index (χ1v) is 5.95. The minimum Gasteiger partial charge on any atom is -0.102 e. The molecule has 1 rings (SSSR count). The van der Waals surface area contributed by atoms with Crippen molar-refractivity contribution in [1.82, 2.24) is 0 Å². The Kier molecular flexibility index (Phi) is 4.95. The van der Waals surface area contributed by atoms with Crippen molar-refractivity contribution in [3.63, 3.8) is 0 Å². The Morgan fingerprint density at radius 2 is 2.00 bits per heavy atom. The minimum atomic E-state index is 0.517. The summed E-state index contributed by atoms with van der Waals surface area (Å²) in [5.74, 6) is 0.517. The summed E-state index contributed by atoms with van der Waals surface area (Å²) in [7, 11) is 0. The number of rotatable bonds is 5. The lowest BCUT2D eigenvalue weighted by Gasteiger charge is -2.12. The molecule has 0 spiro atoms. The maximum Gasteiger partial charge on any atom is 0.0175 e. The number of benzene rings is 1. The molecule has 76 valence electrons. The van der Waals surface area contributed by atoms with Crippen LogP contribution in [0.25, 0.3) is 0 Å². The van der Waals surface area contributed by atoms with Crippen LogP contribution in [-0.4, -0.2) is 0 Å². The van der Waals surface area contributed by atoms with Crippen LogP contribution in [0.15, 0.2) is 41.4 Å². The lowest BCUT2D eigenvalue weighted by atomic mass is 9.94. The molecule has 0 aliphatic heterocycles. The molecule has 0 fully saturated rings. The third-order valence-electron chi connectivity index (χ3n) is 2.45. The van der Waals surface area contributed by atoms with Crippen LogP contribution in [0.3, 0.4) is 0 Å². The fourth-order valence-electron chi connectivity index (χ4n) is 1.55. The van der Waals surface area contributed by atoms with E-state index in [9.17, 15) is 0 Å². The maximum absolute atomic E-state index is 3.90. The van der Waals surface area contributed by atoms with E-state index in [2.05, 4.69) is 59.8 Å². The van der Waals surface area contributed by atoms with Gasteiger partial charge >= 0.3 is 0 Å². The van der Waals surface area contributed by atoms with Gasteiger partial charge in [-0.2, -0.15) is 0 Å². The Morgan fingerprint density at radius 3 is 2.50 bits per heavy atom. The predicted molar refractivity (Wildman–Crippen MR) is 66.6 cm³/mol. The van der Waals surface area contributed by atoms with Crippen molar-refractivity contribution in [2.45, 2.75) is 32.1 Å². The zero-order chi connectivity index (χ0) is 10.4. The second-order valence-corrected chi connectivity index (χ2v) is 4.45. The summed E-state index contributed by atoms with van der Waals surface area (Å²) < 4.78 is 1.14. The molecule has 1 heteroatoms. The van der Waals surface area contributed by atoms with Crippen LogP contribution < -0.4 is 0 Å². The van der Waals surface area contributed by atoms with E-state index in [1.807, 2.05) is 0 Å². The molecule has 0 amide bonds. The Bertz CT molecular complexity index is 274. The molecule has 0 aliphatic carbocycles. The van der Waals surface area contributed by atoms with Gasteiger partial charge in [0.15, 0.2) is 0 Å². The fraction of sp³-hybridized carbons (Fsp3) is 0.385. The molecule has 1 aromatic rings. The lowest BCUT2D eigenvalue weighted by molar-refractivity contribution is 0.664. The normalized spacial score (nSPS) is 12.4. The molecule has 0 saturated heterocycles. The highest BCUT2D eigenvalue weighted by atomic mass is 79.9. The number of halogens is 1. The monoisotopic (exact) mass is 252 g/mol. The summed E-state index contributed by atoms with van der Waals surface area (Å²) in [5.41, 5.74) is 1.37. The molecule has 0 nitrogen and oxygen atoms in total. The molecular weight excluding hydrogens is 236 g/mol. The molecule has 0 unspecified atom stereocenters. The summed E-state index contributed by atoms with van der Waals surface area (Å²) in [6, 6.07) is 8.54. The zero-order valence-electron chi connectivity index (χ0n) is 8.67. The van der Waals surface area contributed by atoms with Gasteiger partial charge in [-0.15, -0.1) is 6.58 Å². The van der Waals surface area contributed by atoms with Crippen LogP contribution in [-0.2, 0) is 0 Å². The first kappa shape index (κ1) is 11.5. The highest BCUT2D eigenvalue weighted by Gasteiger charge is 2.05. The molecular formula is C13H17Br. The van der Waals surface area contributed by atoms with Crippen LogP contribution in [0.2, 0.25) is 0 Å². The van der Waals surface area contributed by atoms with Crippen LogP contribution in [0.5, 0.6) is 0 Å². The van der Waals surface area contributed by atoms with Crippen molar-refractivity contribution < 1.29 is 0 Å². The van der Waals surface area contributed by atoms with Gasteiger partial charge < -0.3 is 0 Å². The molecule has 0 radical (unpaired) electrons. The smallest absolute Gasteiger partial charge is 0.0175 e. The average Bonchev–Trinajstić information content (AvgIpc) is 2.21. The van der Waals surface area contributed by atoms with E-state index in [0.717, 1.165) is 4.47 Å². The Labute approximate surface area is 95.2 Å². The number of hydrogen-bond acceptors (Lipinski definition) is 0. The quantitative estimate of drug-likeness (QED) is 0.654. The summed E-state index contributed by atoms with van der Waals surface area (Å²) >= 11 is 3.44. The number of unbranched alkanes of at least 4 members (excludes halogenated alkanes) is 1. The average molecular weight is 253 g/mol. The first-order chi connectivity index (χ1) is 6.77. The lowest BCUT2D eigenvalue weighted by Crippen LogP contribution is -1.94. The van der Waals surface area contributed by atoms with Gasteiger partial charge in [0.2, 0.25) is 0 Å². The van der Waals surface area contributed by atoms with Crippen molar-refractivity contribution in [3.8, 4) is 0 Å². The highest BCUT2D eigenvalue weighted by Crippen LogP contribution is 2.24. The van der Waals surface area contributed by atoms with Crippen molar-refractivity contribution in [2.24, 2.45) is 0 Å². The van der Waals surface area contributed by atoms with E-state index < -0.39 is 0 Å². The fourth-order valence-corrected chi connectivity index (χ4v) is 1.82. The number of allylic oxidation sites excluding steroid dienone is 1. The second-order valence-electron chi connectivity index (χ2n) is 3.54. The summed E-state index contributed by atoms with van der Waals surface area (Å²) in [5, 5.41) is 0. The molecule has 1 aromatic carbocycles. The van der Waals surface area contributed by atoms with Crippen LogP contribution >= 0.6 is 15.9 Å². The first-order valence-electron chi connectivity index (χ1n) is 5.16. The third-order valence-corrected chi connectivity index (χ3v) is 2.98. The summed E-state index contributed by atoms with van der Waals surface area (Å²) in [6.45, 7) is 6.12. The number of hydrogen-bond donors (Lipinski definition) is 0. The summed E-state index contributed by atoms with van der Waals surface area (Å²) in [6.07, 6.45) is 5.79. The van der Waals surface area contributed by atoms with Crippen molar-refractivity contribution >= 4 is 15.9 Å². The van der Waals surface area contributed by atoms with Crippen LogP contribution in [0.1, 0.15) is 37.7 Å². The van der Waals surface area contributed by atoms with E-state index in [4.69, 9.17) is 0 Å². The molecule has 0 saturated carbocycles. The summed E-state index contributed by atoms with van der Waals surface area (Å²) in [4.78, 5) is 0. The van der Waals surface area contributed by atoms with Crippen molar-refractivity contribution in [2.75, 3.05) is 0 Å². The minimum absolute atomic E-state index is 0.517. The van der Waals surface area contributed by atoms with Gasteiger partial charge in [0, 0.05) is 10.4 Å². The SMILES string of the molecule is C=C[C@H](CCCC)c1ccc(Br)cc1. The molecule has 0 bridgehead atoms. The van der Waals surface area contributed by atoms with Crippen molar-refractivity contribution in [1.29, 1.82) is 0 Å². The van der Waals surface area contributed by atoms with Crippen LogP contribution in [0.4, 0.5) is 0 Å². The second kappa shape index (κ2) is 6.02. The molecule has 0 N–H and O–H groups in total.